The Kier molecular flexibility index (Phi) is 8.02. The molecule has 206 valence electrons. The summed E-state index contributed by atoms with van der Waals surface area (Å²) in [4.78, 5) is 16.2. The van der Waals surface area contributed by atoms with Crippen molar-refractivity contribution in [3.63, 3.8) is 0 Å². The van der Waals surface area contributed by atoms with Gasteiger partial charge in [0.1, 0.15) is 17.5 Å². The van der Waals surface area contributed by atoms with Gasteiger partial charge >= 0.3 is 0 Å². The van der Waals surface area contributed by atoms with Crippen LogP contribution < -0.4 is 14.8 Å². The largest absolute Gasteiger partial charge is 0.496 e. The topological polar surface area (TPSA) is 50.6 Å². The zero-order chi connectivity index (χ0) is 28.6. The van der Waals surface area contributed by atoms with Gasteiger partial charge in [0.2, 0.25) is 5.91 Å². The van der Waals surface area contributed by atoms with Crippen LogP contribution in [0.15, 0.2) is 83.3 Å². The third kappa shape index (κ3) is 5.38. The van der Waals surface area contributed by atoms with Gasteiger partial charge in [-0.1, -0.05) is 70.5 Å². The van der Waals surface area contributed by atoms with Gasteiger partial charge in [0.25, 0.3) is 0 Å². The number of carbonyl (C=O) groups is 1. The fourth-order valence-electron chi connectivity index (χ4n) is 6.06. The van der Waals surface area contributed by atoms with Gasteiger partial charge in [0.15, 0.2) is 0 Å². The molecule has 1 fully saturated rings. The van der Waals surface area contributed by atoms with Crippen molar-refractivity contribution in [3.05, 3.63) is 122 Å². The van der Waals surface area contributed by atoms with Crippen molar-refractivity contribution in [2.45, 2.75) is 45.8 Å². The number of methoxy groups -OCH3 is 2. The maximum Gasteiger partial charge on any atom is 0.243 e. The van der Waals surface area contributed by atoms with Crippen LogP contribution >= 0.6 is 15.9 Å². The minimum atomic E-state index is -0.350. The highest BCUT2D eigenvalue weighted by molar-refractivity contribution is 9.10. The zero-order valence-corrected chi connectivity index (χ0v) is 25.4. The highest BCUT2D eigenvalue weighted by Gasteiger charge is 2.57. The normalized spacial score (nSPS) is 17.9. The SMILES string of the molecule is COc1c(C)cc(C(c2cc(C)c(OC)c(C)c2)N2[C@@H](C(=O)Nc3ccccc3)[C@@H]2c2ccc(Br)cc2)cc1C. The Morgan fingerprint density at radius 1 is 0.775 bits per heavy atom. The van der Waals surface area contributed by atoms with Gasteiger partial charge in [-0.05, 0) is 90.9 Å². The molecule has 4 aromatic carbocycles. The van der Waals surface area contributed by atoms with Crippen molar-refractivity contribution < 1.29 is 14.3 Å². The van der Waals surface area contributed by atoms with Gasteiger partial charge in [-0.2, -0.15) is 0 Å². The third-order valence-electron chi connectivity index (χ3n) is 7.68. The summed E-state index contributed by atoms with van der Waals surface area (Å²) in [6.45, 7) is 8.30. The van der Waals surface area contributed by atoms with Crippen LogP contribution in [-0.4, -0.2) is 31.1 Å². The second kappa shape index (κ2) is 11.5. The first-order chi connectivity index (χ1) is 19.2. The number of anilines is 1. The van der Waals surface area contributed by atoms with Crippen molar-refractivity contribution in [1.82, 2.24) is 4.90 Å². The summed E-state index contributed by atoms with van der Waals surface area (Å²) >= 11 is 3.56. The standard InChI is InChI=1S/C34H35BrN2O3/c1-20-16-25(17-21(2)32(20)39-5)29(26-18-22(3)33(40-6)23(4)19-26)37-30(24-12-14-27(35)15-13-24)31(37)34(38)36-28-10-8-7-9-11-28/h7-19,29-31H,1-6H3,(H,36,38)/t30-,31+,37?/m0/s1. The van der Waals surface area contributed by atoms with E-state index in [9.17, 15) is 4.79 Å². The number of hydrogen-bond acceptors (Lipinski definition) is 4. The van der Waals surface area contributed by atoms with Crippen LogP contribution in [0.2, 0.25) is 0 Å². The van der Waals surface area contributed by atoms with E-state index in [0.717, 1.165) is 60.6 Å². The van der Waals surface area contributed by atoms with E-state index in [2.05, 4.69) is 90.2 Å². The lowest BCUT2D eigenvalue weighted by Crippen LogP contribution is -2.24. The first-order valence-electron chi connectivity index (χ1n) is 13.4. The summed E-state index contributed by atoms with van der Waals surface area (Å²) in [5, 5.41) is 3.15. The third-order valence-corrected chi connectivity index (χ3v) is 8.21. The Hall–Kier alpha value is -3.61. The van der Waals surface area contributed by atoms with Gasteiger partial charge in [-0.25, -0.2) is 0 Å². The number of hydrogen-bond donors (Lipinski definition) is 1. The Morgan fingerprint density at radius 2 is 1.25 bits per heavy atom. The number of nitrogens with zero attached hydrogens (tertiary/aromatic N) is 1. The molecule has 1 aliphatic rings. The van der Waals surface area contributed by atoms with Crippen molar-refractivity contribution >= 4 is 27.5 Å². The van der Waals surface area contributed by atoms with E-state index in [-0.39, 0.29) is 24.0 Å². The molecule has 3 atom stereocenters. The average Bonchev–Trinajstić information content (AvgIpc) is 3.64. The Morgan fingerprint density at radius 3 is 1.70 bits per heavy atom. The number of halogens is 1. The van der Waals surface area contributed by atoms with Gasteiger partial charge in [-0.15, -0.1) is 0 Å². The van der Waals surface area contributed by atoms with E-state index < -0.39 is 0 Å². The molecule has 1 aliphatic heterocycles. The van der Waals surface area contributed by atoms with Gasteiger partial charge in [-0.3, -0.25) is 9.69 Å². The molecule has 1 heterocycles. The molecule has 0 bridgehead atoms. The van der Waals surface area contributed by atoms with E-state index in [1.54, 1.807) is 14.2 Å². The molecule has 0 spiro atoms. The Balaban J connectivity index is 1.65. The van der Waals surface area contributed by atoms with Crippen molar-refractivity contribution in [2.24, 2.45) is 0 Å². The first kappa shape index (κ1) is 27.9. The minimum absolute atomic E-state index is 0.0203. The number of rotatable bonds is 8. The van der Waals surface area contributed by atoms with E-state index in [4.69, 9.17) is 9.47 Å². The van der Waals surface area contributed by atoms with Gasteiger partial charge in [0.05, 0.1) is 26.3 Å². The molecule has 0 aliphatic carbocycles. The van der Waals surface area contributed by atoms with E-state index in [0.29, 0.717) is 0 Å². The van der Waals surface area contributed by atoms with Crippen LogP contribution in [0.4, 0.5) is 5.69 Å². The molecule has 1 unspecified atom stereocenters. The maximum absolute atomic E-state index is 13.9. The molecule has 5 rings (SSSR count). The summed E-state index contributed by atoms with van der Waals surface area (Å²) in [5.41, 5.74) is 8.40. The van der Waals surface area contributed by atoms with Crippen LogP contribution in [0.5, 0.6) is 11.5 Å². The number of benzene rings is 4. The lowest BCUT2D eigenvalue weighted by atomic mass is 9.92. The lowest BCUT2D eigenvalue weighted by molar-refractivity contribution is -0.116. The molecule has 0 saturated carbocycles. The van der Waals surface area contributed by atoms with Crippen LogP contribution in [0.1, 0.15) is 51.0 Å². The molecule has 5 nitrogen and oxygen atoms in total. The van der Waals surface area contributed by atoms with Crippen molar-refractivity contribution in [3.8, 4) is 11.5 Å². The molecule has 0 radical (unpaired) electrons. The number of amides is 1. The molecule has 1 saturated heterocycles. The quantitative estimate of drug-likeness (QED) is 0.210. The number of aryl methyl sites for hydroxylation is 4. The molecule has 0 aromatic heterocycles. The highest BCUT2D eigenvalue weighted by Crippen LogP contribution is 2.53. The van der Waals surface area contributed by atoms with Crippen LogP contribution in [-0.2, 0) is 4.79 Å². The van der Waals surface area contributed by atoms with Crippen LogP contribution in [0, 0.1) is 27.7 Å². The Labute approximate surface area is 245 Å². The number of ether oxygens (including phenoxy) is 2. The number of carbonyl (C=O) groups excluding carboxylic acids is 1. The predicted molar refractivity (Wildman–Crippen MR) is 164 cm³/mol. The summed E-state index contributed by atoms with van der Waals surface area (Å²) in [6, 6.07) is 26.1. The van der Waals surface area contributed by atoms with Crippen LogP contribution in [0.25, 0.3) is 0 Å². The van der Waals surface area contributed by atoms with E-state index in [1.165, 1.54) is 0 Å². The molecule has 4 aromatic rings. The fourth-order valence-corrected chi connectivity index (χ4v) is 6.33. The predicted octanol–water partition coefficient (Wildman–Crippen LogP) is 7.85. The Bertz CT molecular complexity index is 1430. The summed E-state index contributed by atoms with van der Waals surface area (Å²) in [6.07, 6.45) is 0. The fraction of sp³-hybridized carbons (Fsp3) is 0.265. The van der Waals surface area contributed by atoms with E-state index >= 15 is 0 Å². The zero-order valence-electron chi connectivity index (χ0n) is 23.8. The summed E-state index contributed by atoms with van der Waals surface area (Å²) in [5.74, 6) is 1.75. The number of para-hydroxylation sites is 1. The highest BCUT2D eigenvalue weighted by atomic mass is 79.9. The lowest BCUT2D eigenvalue weighted by Gasteiger charge is -2.25. The smallest absolute Gasteiger partial charge is 0.243 e. The van der Waals surface area contributed by atoms with E-state index in [1.807, 2.05) is 42.5 Å². The maximum atomic E-state index is 13.9. The first-order valence-corrected chi connectivity index (χ1v) is 14.2. The second-order valence-corrected chi connectivity index (χ2v) is 11.4. The van der Waals surface area contributed by atoms with Gasteiger partial charge < -0.3 is 14.8 Å². The molecule has 1 N–H and O–H groups in total. The van der Waals surface area contributed by atoms with Gasteiger partial charge in [0, 0.05) is 10.2 Å². The second-order valence-electron chi connectivity index (χ2n) is 10.5. The monoisotopic (exact) mass is 598 g/mol. The molecular weight excluding hydrogens is 564 g/mol. The molecule has 40 heavy (non-hydrogen) atoms. The van der Waals surface area contributed by atoms with Crippen LogP contribution in [0.3, 0.4) is 0 Å². The molecule has 6 heteroatoms. The summed E-state index contributed by atoms with van der Waals surface area (Å²) in [7, 11) is 3.42. The van der Waals surface area contributed by atoms with Crippen molar-refractivity contribution in [2.75, 3.05) is 19.5 Å². The number of nitrogens with one attached hydrogen (secondary N) is 1. The van der Waals surface area contributed by atoms with Crippen molar-refractivity contribution in [1.29, 1.82) is 0 Å². The molecular formula is C34H35BrN2O3. The molecule has 1 amide bonds. The average molecular weight is 600 g/mol. The summed E-state index contributed by atoms with van der Waals surface area (Å²) < 4.78 is 12.4. The minimum Gasteiger partial charge on any atom is -0.496 e.